The summed E-state index contributed by atoms with van der Waals surface area (Å²) in [7, 11) is 0. The van der Waals surface area contributed by atoms with Crippen LogP contribution in [0.3, 0.4) is 0 Å². The third-order valence-corrected chi connectivity index (χ3v) is 2.47. The molecule has 1 unspecified atom stereocenters. The molecule has 2 aliphatic rings. The van der Waals surface area contributed by atoms with Crippen molar-refractivity contribution in [1.82, 2.24) is 4.99 Å². The summed E-state index contributed by atoms with van der Waals surface area (Å²) in [5.74, 6) is 0.818. The zero-order chi connectivity index (χ0) is 6.81. The fourth-order valence-electron chi connectivity index (χ4n) is 1.87. The molecule has 1 nitrogen and oxygen atoms in total. The van der Waals surface area contributed by atoms with Crippen molar-refractivity contribution in [2.75, 3.05) is 0 Å². The molecule has 3 radical (unpaired) electrons. The third-order valence-electron chi connectivity index (χ3n) is 2.47. The van der Waals surface area contributed by atoms with E-state index in [1.807, 2.05) is 6.54 Å². The van der Waals surface area contributed by atoms with Crippen molar-refractivity contribution in [3.8, 4) is 0 Å². The van der Waals surface area contributed by atoms with Gasteiger partial charge in [0.1, 0.15) is 0 Å². The van der Waals surface area contributed by atoms with Gasteiger partial charge >= 0.3 is 0 Å². The van der Waals surface area contributed by atoms with Gasteiger partial charge in [0.05, 0.1) is 0 Å². The lowest BCUT2D eigenvalue weighted by Gasteiger charge is -2.18. The average molecular weight is 135 g/mol. The van der Waals surface area contributed by atoms with Crippen LogP contribution < -0.4 is 4.99 Å². The summed E-state index contributed by atoms with van der Waals surface area (Å²) >= 11 is 0. The van der Waals surface area contributed by atoms with E-state index in [9.17, 15) is 0 Å². The highest BCUT2D eigenvalue weighted by Gasteiger charge is 2.31. The Balaban J connectivity index is 2.08. The van der Waals surface area contributed by atoms with Gasteiger partial charge in [0, 0.05) is 23.8 Å². The van der Waals surface area contributed by atoms with Gasteiger partial charge in [0.25, 0.3) is 6.54 Å². The number of rotatable bonds is 0. The molecule has 0 spiro atoms. The summed E-state index contributed by atoms with van der Waals surface area (Å²) in [6.45, 7) is 1.97. The molecule has 0 amide bonds. The van der Waals surface area contributed by atoms with E-state index in [1.165, 1.54) is 37.8 Å². The van der Waals surface area contributed by atoms with Gasteiger partial charge in [-0.3, -0.25) is 0 Å². The summed E-state index contributed by atoms with van der Waals surface area (Å²) < 4.78 is 0. The molecule has 53 valence electrons. The molecule has 0 aromatic heterocycles. The molecule has 0 bridgehead atoms. The maximum atomic E-state index is 4.39. The SMILES string of the molecule is [CH]1[CH][N+]=C2CCCCC2C1. The molecule has 1 saturated carbocycles. The third kappa shape index (κ3) is 1.09. The monoisotopic (exact) mass is 135 g/mol. The smallest absolute Gasteiger partial charge is 0.0520 e. The van der Waals surface area contributed by atoms with E-state index in [0.29, 0.717) is 0 Å². The van der Waals surface area contributed by atoms with Gasteiger partial charge in [0.2, 0.25) is 5.71 Å². The topological polar surface area (TPSA) is 14.1 Å². The number of nitrogens with zero attached hydrogens (tertiary/aromatic N) is 1. The first-order valence-electron chi connectivity index (χ1n) is 4.18. The van der Waals surface area contributed by atoms with Gasteiger partial charge in [-0.05, 0) is 19.3 Å². The molecule has 0 N–H and O–H groups in total. The second kappa shape index (κ2) is 2.73. The molecule has 0 saturated heterocycles. The highest BCUT2D eigenvalue weighted by atomic mass is 14.8. The zero-order valence-electron chi connectivity index (χ0n) is 6.21. The quantitative estimate of drug-likeness (QED) is 0.480. The van der Waals surface area contributed by atoms with Crippen LogP contribution in [0.2, 0.25) is 0 Å². The molecule has 1 aliphatic carbocycles. The van der Waals surface area contributed by atoms with Crippen LogP contribution in [0.25, 0.3) is 0 Å². The molecular weight excluding hydrogens is 122 g/mol. The Morgan fingerprint density at radius 2 is 2.40 bits per heavy atom. The minimum absolute atomic E-state index is 0.818. The van der Waals surface area contributed by atoms with Crippen molar-refractivity contribution in [1.29, 1.82) is 0 Å². The molecule has 1 atom stereocenters. The summed E-state index contributed by atoms with van der Waals surface area (Å²) in [6.07, 6.45) is 8.86. The van der Waals surface area contributed by atoms with Crippen LogP contribution in [0.15, 0.2) is 0 Å². The van der Waals surface area contributed by atoms with Crippen LogP contribution in [-0.4, -0.2) is 5.71 Å². The predicted octanol–water partition coefficient (Wildman–Crippen LogP) is 1.72. The first-order valence-corrected chi connectivity index (χ1v) is 4.18. The van der Waals surface area contributed by atoms with Crippen molar-refractivity contribution >= 4 is 5.71 Å². The van der Waals surface area contributed by atoms with Crippen molar-refractivity contribution < 1.29 is 0 Å². The number of hydrogen-bond acceptors (Lipinski definition) is 1. The highest BCUT2D eigenvalue weighted by Crippen LogP contribution is 2.26. The lowest BCUT2D eigenvalue weighted by molar-refractivity contribution is 0.506. The molecule has 1 heteroatoms. The number of hydrogen-bond donors (Lipinski definition) is 0. The maximum absolute atomic E-state index is 4.39. The zero-order valence-corrected chi connectivity index (χ0v) is 6.21. The standard InChI is InChI=1S/C9H13N/c1-2-6-9-8(4-1)5-3-7-10-9/h3,7-8H,1-2,4-6H2/q+1. The fourth-order valence-corrected chi connectivity index (χ4v) is 1.87. The van der Waals surface area contributed by atoms with Crippen LogP contribution in [0.1, 0.15) is 32.1 Å². The maximum Gasteiger partial charge on any atom is 0.290 e. The van der Waals surface area contributed by atoms with Crippen LogP contribution >= 0.6 is 0 Å². The molecule has 10 heavy (non-hydrogen) atoms. The molecule has 1 heterocycles. The summed E-state index contributed by atoms with van der Waals surface area (Å²) in [5, 5.41) is 0. The Morgan fingerprint density at radius 1 is 1.40 bits per heavy atom. The van der Waals surface area contributed by atoms with Gasteiger partial charge < -0.3 is 0 Å². The molecule has 0 aromatic carbocycles. The van der Waals surface area contributed by atoms with E-state index in [4.69, 9.17) is 0 Å². The highest BCUT2D eigenvalue weighted by molar-refractivity contribution is 5.87. The second-order valence-electron chi connectivity index (χ2n) is 3.18. The van der Waals surface area contributed by atoms with Gasteiger partial charge in [-0.2, -0.15) is 0 Å². The largest absolute Gasteiger partial charge is 0.290 e. The van der Waals surface area contributed by atoms with Gasteiger partial charge in [-0.15, -0.1) is 0 Å². The van der Waals surface area contributed by atoms with Crippen molar-refractivity contribution in [2.24, 2.45) is 5.92 Å². The summed E-state index contributed by atoms with van der Waals surface area (Å²) in [4.78, 5) is 4.39. The van der Waals surface area contributed by atoms with Gasteiger partial charge in [0.15, 0.2) is 0 Å². The van der Waals surface area contributed by atoms with E-state index in [1.54, 1.807) is 0 Å². The first-order chi connectivity index (χ1) is 4.97. The minimum atomic E-state index is 0.818. The van der Waals surface area contributed by atoms with E-state index >= 15 is 0 Å². The number of aliphatic imine (C=N–C) groups is 1. The second-order valence-corrected chi connectivity index (χ2v) is 3.18. The van der Waals surface area contributed by atoms with Gasteiger partial charge in [-0.25, -0.2) is 0 Å². The van der Waals surface area contributed by atoms with Crippen molar-refractivity contribution in [2.45, 2.75) is 32.1 Å². The lowest BCUT2D eigenvalue weighted by atomic mass is 9.83. The Bertz CT molecular complexity index is 149. The molecule has 1 fully saturated rings. The van der Waals surface area contributed by atoms with Crippen molar-refractivity contribution in [3.63, 3.8) is 0 Å². The van der Waals surface area contributed by atoms with Crippen molar-refractivity contribution in [3.05, 3.63) is 13.0 Å². The average Bonchev–Trinajstić information content (AvgIpc) is 2.05. The Morgan fingerprint density at radius 3 is 3.30 bits per heavy atom. The summed E-state index contributed by atoms with van der Waals surface area (Å²) in [6, 6.07) is 0. The van der Waals surface area contributed by atoms with Crippen LogP contribution in [0.5, 0.6) is 0 Å². The van der Waals surface area contributed by atoms with Gasteiger partial charge in [-0.1, -0.05) is 6.42 Å². The van der Waals surface area contributed by atoms with E-state index < -0.39 is 0 Å². The minimum Gasteiger partial charge on any atom is -0.0520 e. The Hall–Kier alpha value is -0.330. The van der Waals surface area contributed by atoms with Crippen LogP contribution in [0, 0.1) is 18.9 Å². The molecule has 1 aliphatic heterocycles. The first kappa shape index (κ1) is 6.38. The van der Waals surface area contributed by atoms with Crippen LogP contribution in [-0.2, 0) is 0 Å². The van der Waals surface area contributed by atoms with Crippen LogP contribution in [0.4, 0.5) is 0 Å². The summed E-state index contributed by atoms with van der Waals surface area (Å²) in [5.41, 5.74) is 1.47. The fraction of sp³-hybridized carbons (Fsp3) is 0.667. The van der Waals surface area contributed by atoms with E-state index in [0.717, 1.165) is 5.92 Å². The Kier molecular flexibility index (Phi) is 1.74. The molecular formula is C9H13N+. The normalized spacial score (nSPS) is 32.8. The number of fused-ring (bicyclic) bond motifs is 1. The van der Waals surface area contributed by atoms with E-state index in [2.05, 4.69) is 11.4 Å². The predicted molar refractivity (Wildman–Crippen MR) is 42.3 cm³/mol. The molecule has 2 rings (SSSR count). The Labute approximate surface area is 62.5 Å². The van der Waals surface area contributed by atoms with E-state index in [-0.39, 0.29) is 0 Å². The molecule has 0 aromatic rings. The lowest BCUT2D eigenvalue weighted by Crippen LogP contribution is -2.27.